The Hall–Kier alpha value is 2.12. The minimum Gasteiger partial charge on any atom is -1.00 e. The summed E-state index contributed by atoms with van der Waals surface area (Å²) in [4.78, 5) is 0. The van der Waals surface area contributed by atoms with Crippen LogP contribution in [-0.2, 0) is 7.67 Å². The summed E-state index contributed by atoms with van der Waals surface area (Å²) >= 11 is -1.62. The van der Waals surface area contributed by atoms with Gasteiger partial charge in [0.05, 0.1) is 0 Å². The van der Waals surface area contributed by atoms with Crippen molar-refractivity contribution in [2.24, 2.45) is 0 Å². The molecule has 0 aromatic heterocycles. The van der Waals surface area contributed by atoms with Crippen LogP contribution in [0, 0.1) is 0 Å². The second-order valence-electron chi connectivity index (χ2n) is 0.0680. The molecule has 0 rings (SSSR count). The fourth-order valence-corrected chi connectivity index (χ4v) is 0. The molecule has 0 aliphatic rings. The van der Waals surface area contributed by atoms with E-state index in [0.717, 1.165) is 0 Å². The molecule has 0 N–H and O–H groups in total. The smallest absolute Gasteiger partial charge is 1.00 e. The average Bonchev–Trinajstić information content (AvgIpc) is 0.918. The van der Waals surface area contributed by atoms with E-state index in [1.54, 1.807) is 0 Å². The van der Waals surface area contributed by atoms with Crippen molar-refractivity contribution in [1.29, 1.82) is 0 Å². The Labute approximate surface area is 83.2 Å². The van der Waals surface area contributed by atoms with E-state index in [4.69, 9.17) is 7.67 Å². The molecule has 0 bridgehead atoms. The van der Waals surface area contributed by atoms with Crippen molar-refractivity contribution in [3.8, 4) is 0 Å². The summed E-state index contributed by atoms with van der Waals surface area (Å²) in [7, 11) is 0. The molecule has 22 valence electrons. The van der Waals surface area contributed by atoms with Gasteiger partial charge in [-0.05, 0) is 0 Å². The van der Waals surface area contributed by atoms with E-state index < -0.39 is 14.8 Å². The Kier molecular flexibility index (Phi) is 51.8. The average molecular weight is 159 g/mol. The minimum absolute atomic E-state index is 0. The van der Waals surface area contributed by atoms with Gasteiger partial charge in [-0.2, -0.15) is 0 Å². The van der Waals surface area contributed by atoms with E-state index in [0.29, 0.717) is 0 Å². The van der Waals surface area contributed by atoms with Crippen LogP contribution in [0.25, 0.3) is 0 Å². The molecule has 5 heavy (non-hydrogen) atoms. The van der Waals surface area contributed by atoms with Gasteiger partial charge in [0.25, 0.3) is 0 Å². The predicted molar refractivity (Wildman–Crippen MR) is 9.35 cm³/mol. The van der Waals surface area contributed by atoms with E-state index in [-0.39, 0.29) is 62.0 Å². The van der Waals surface area contributed by atoms with Gasteiger partial charge in [-0.15, -0.1) is 0 Å². The van der Waals surface area contributed by atoms with Crippen molar-refractivity contribution >= 4 is 14.8 Å². The Morgan fingerprint density at radius 2 is 1.20 bits per heavy atom. The maximum Gasteiger partial charge on any atom is 1.00 e. The van der Waals surface area contributed by atoms with Crippen molar-refractivity contribution in [3.63, 3.8) is 0 Å². The molecule has 0 radical (unpaired) electrons. The van der Waals surface area contributed by atoms with E-state index in [1.165, 1.54) is 0 Å². The van der Waals surface area contributed by atoms with Crippen molar-refractivity contribution < 1.29 is 69.6 Å². The predicted octanol–water partition coefficient (Wildman–Crippen LogP) is -6.39. The molecule has 0 atom stereocenters. The molecule has 2 nitrogen and oxygen atoms in total. The third kappa shape index (κ3) is 23.1. The first-order valence-electron chi connectivity index (χ1n) is 0.333. The first-order chi connectivity index (χ1) is 1.41. The van der Waals surface area contributed by atoms with Gasteiger partial charge in [-0.3, -0.25) is 0 Å². The molecule has 0 fully saturated rings. The standard InChI is InChI=1S/2Na.O2Se.2H/c;;1-3-2;;/q2*+1;;2*-1. The first-order valence-corrected chi connectivity index (χ1v) is 1.73. The van der Waals surface area contributed by atoms with Gasteiger partial charge in [0.2, 0.25) is 0 Å². The summed E-state index contributed by atoms with van der Waals surface area (Å²) in [5, 5.41) is 0. The van der Waals surface area contributed by atoms with Gasteiger partial charge < -0.3 is 2.85 Å². The van der Waals surface area contributed by atoms with Gasteiger partial charge in [-0.1, -0.05) is 0 Å². The molecule has 0 saturated carbocycles. The van der Waals surface area contributed by atoms with Crippen LogP contribution in [0.5, 0.6) is 0 Å². The SMILES string of the molecule is O=[Se]=O.[H-].[H-].[Na+].[Na+]. The molecular weight excluding hydrogens is 157 g/mol. The molecule has 0 aromatic rings. The fourth-order valence-electron chi connectivity index (χ4n) is 0. The largest absolute Gasteiger partial charge is 1.00 e. The molecule has 0 aromatic carbocycles. The summed E-state index contributed by atoms with van der Waals surface area (Å²) in [6, 6.07) is 0. The molecule has 0 saturated heterocycles. The number of hydrogen-bond donors (Lipinski definition) is 0. The van der Waals surface area contributed by atoms with Gasteiger partial charge in [-0.25, -0.2) is 0 Å². The topological polar surface area (TPSA) is 34.1 Å². The zero-order chi connectivity index (χ0) is 2.71. The minimum atomic E-state index is -1.62. The van der Waals surface area contributed by atoms with E-state index in [9.17, 15) is 0 Å². The van der Waals surface area contributed by atoms with Crippen molar-refractivity contribution in [2.75, 3.05) is 0 Å². The maximum atomic E-state index is 8.44. The molecule has 0 unspecified atom stereocenters. The zero-order valence-electron chi connectivity index (χ0n) is 5.22. The van der Waals surface area contributed by atoms with Crippen molar-refractivity contribution in [1.82, 2.24) is 0 Å². The van der Waals surface area contributed by atoms with Crippen LogP contribution < -0.4 is 59.1 Å². The zero-order valence-corrected chi connectivity index (χ0v) is 8.94. The van der Waals surface area contributed by atoms with E-state index in [1.807, 2.05) is 0 Å². The normalized spacial score (nSPS) is 2.40. The Morgan fingerprint density at radius 1 is 1.20 bits per heavy atom. The van der Waals surface area contributed by atoms with Crippen LogP contribution in [0.1, 0.15) is 2.85 Å². The second-order valence-corrected chi connectivity index (χ2v) is 0.354. The number of hydrogen-bond acceptors (Lipinski definition) is 2. The van der Waals surface area contributed by atoms with Crippen LogP contribution >= 0.6 is 0 Å². The number of rotatable bonds is 0. The van der Waals surface area contributed by atoms with Crippen LogP contribution in [0.3, 0.4) is 0 Å². The molecule has 0 aliphatic carbocycles. The first kappa shape index (κ1) is 15.7. The molecule has 0 heterocycles. The van der Waals surface area contributed by atoms with Crippen molar-refractivity contribution in [2.45, 2.75) is 0 Å². The van der Waals surface area contributed by atoms with Crippen LogP contribution in [0.2, 0.25) is 0 Å². The second kappa shape index (κ2) is 16.5. The van der Waals surface area contributed by atoms with Gasteiger partial charge in [0, 0.05) is 0 Å². The fraction of sp³-hybridized carbons (Fsp3) is 0. The summed E-state index contributed by atoms with van der Waals surface area (Å²) in [5.74, 6) is 0. The van der Waals surface area contributed by atoms with Gasteiger partial charge in [0.15, 0.2) is 0 Å². The molecule has 0 spiro atoms. The third-order valence-electron chi connectivity index (χ3n) is 0. The van der Waals surface area contributed by atoms with Gasteiger partial charge in [0.1, 0.15) is 0 Å². The summed E-state index contributed by atoms with van der Waals surface area (Å²) in [6.07, 6.45) is 0. The Morgan fingerprint density at radius 3 is 1.20 bits per heavy atom. The monoisotopic (exact) mass is 160 g/mol. The summed E-state index contributed by atoms with van der Waals surface area (Å²) < 4.78 is 16.9. The molecule has 0 aliphatic heterocycles. The summed E-state index contributed by atoms with van der Waals surface area (Å²) in [5.41, 5.74) is 0. The Bertz CT molecular complexity index is 34.7. The summed E-state index contributed by atoms with van der Waals surface area (Å²) in [6.45, 7) is 0. The van der Waals surface area contributed by atoms with E-state index >= 15 is 0 Å². The molecule has 0 amide bonds. The Balaban J connectivity index is -0.00000000333. The third-order valence-corrected chi connectivity index (χ3v) is 0. The van der Waals surface area contributed by atoms with Crippen molar-refractivity contribution in [3.05, 3.63) is 0 Å². The van der Waals surface area contributed by atoms with Crippen LogP contribution in [-0.4, -0.2) is 14.8 Å². The van der Waals surface area contributed by atoms with E-state index in [2.05, 4.69) is 0 Å². The molecule has 5 heteroatoms. The van der Waals surface area contributed by atoms with Gasteiger partial charge >= 0.3 is 81.6 Å². The van der Waals surface area contributed by atoms with Crippen LogP contribution in [0.4, 0.5) is 0 Å². The van der Waals surface area contributed by atoms with Crippen LogP contribution in [0.15, 0.2) is 0 Å². The quantitative estimate of drug-likeness (QED) is 0.329. The maximum absolute atomic E-state index is 8.44. The molecular formula is H2Na2O2Se.